The highest BCUT2D eigenvalue weighted by atomic mass is 14.8. The van der Waals surface area contributed by atoms with Crippen LogP contribution in [0.3, 0.4) is 0 Å². The average Bonchev–Trinajstić information content (AvgIpc) is 2.32. The maximum absolute atomic E-state index is 3.31. The minimum atomic E-state index is 0.502. The van der Waals surface area contributed by atoms with Gasteiger partial charge in [0.25, 0.3) is 0 Å². The first kappa shape index (κ1) is 11.0. The van der Waals surface area contributed by atoms with E-state index in [4.69, 9.17) is 0 Å². The predicted molar refractivity (Wildman–Crippen MR) is 58.8 cm³/mol. The van der Waals surface area contributed by atoms with Crippen LogP contribution in [0.1, 0.15) is 40.5 Å². The molecule has 1 aliphatic rings. The molecule has 13 heavy (non-hydrogen) atoms. The van der Waals surface area contributed by atoms with Gasteiger partial charge in [0.05, 0.1) is 0 Å². The Morgan fingerprint density at radius 1 is 1.23 bits per heavy atom. The zero-order chi connectivity index (χ0) is 10.1. The highest BCUT2D eigenvalue weighted by molar-refractivity contribution is 4.89. The first-order valence-electron chi connectivity index (χ1n) is 5.61. The number of nitrogens with one attached hydrogen (secondary N) is 1. The quantitative estimate of drug-likeness (QED) is 0.694. The molecule has 0 aliphatic heterocycles. The molecule has 1 N–H and O–H groups in total. The Morgan fingerprint density at radius 3 is 2.23 bits per heavy atom. The van der Waals surface area contributed by atoms with Crippen molar-refractivity contribution in [3.63, 3.8) is 0 Å². The monoisotopic (exact) mass is 183 g/mol. The Hall–Kier alpha value is -0.0400. The van der Waals surface area contributed by atoms with E-state index in [1.54, 1.807) is 0 Å². The Bertz CT molecular complexity index is 157. The molecule has 0 heterocycles. The van der Waals surface area contributed by atoms with Crippen LogP contribution in [-0.2, 0) is 0 Å². The van der Waals surface area contributed by atoms with Gasteiger partial charge in [-0.3, -0.25) is 0 Å². The molecule has 3 atom stereocenters. The van der Waals surface area contributed by atoms with Gasteiger partial charge in [-0.1, -0.05) is 27.7 Å². The highest BCUT2D eigenvalue weighted by Crippen LogP contribution is 2.45. The summed E-state index contributed by atoms with van der Waals surface area (Å²) < 4.78 is 0. The molecule has 0 aromatic heterocycles. The van der Waals surface area contributed by atoms with Gasteiger partial charge in [-0.15, -0.1) is 0 Å². The molecule has 1 heteroatoms. The second-order valence-electron chi connectivity index (χ2n) is 5.73. The normalized spacial score (nSPS) is 35.3. The first-order valence-corrected chi connectivity index (χ1v) is 5.61. The van der Waals surface area contributed by atoms with Gasteiger partial charge < -0.3 is 5.32 Å². The molecule has 0 unspecified atom stereocenters. The van der Waals surface area contributed by atoms with Gasteiger partial charge in [0.2, 0.25) is 0 Å². The van der Waals surface area contributed by atoms with Crippen LogP contribution in [0.5, 0.6) is 0 Å². The lowest BCUT2D eigenvalue weighted by Crippen LogP contribution is -2.28. The summed E-state index contributed by atoms with van der Waals surface area (Å²) in [5.74, 6) is 2.73. The van der Waals surface area contributed by atoms with Gasteiger partial charge in [0, 0.05) is 0 Å². The second-order valence-corrected chi connectivity index (χ2v) is 5.73. The molecular weight excluding hydrogens is 158 g/mol. The van der Waals surface area contributed by atoms with E-state index in [9.17, 15) is 0 Å². The summed E-state index contributed by atoms with van der Waals surface area (Å²) in [6.45, 7) is 10.8. The van der Waals surface area contributed by atoms with Crippen LogP contribution in [0.4, 0.5) is 0 Å². The summed E-state index contributed by atoms with van der Waals surface area (Å²) in [6.07, 6.45) is 2.85. The van der Waals surface area contributed by atoms with Gasteiger partial charge in [-0.25, -0.2) is 0 Å². The second kappa shape index (κ2) is 4.00. The Kier molecular flexibility index (Phi) is 3.39. The van der Waals surface area contributed by atoms with Gasteiger partial charge in [-0.2, -0.15) is 0 Å². The van der Waals surface area contributed by atoms with E-state index < -0.39 is 0 Å². The predicted octanol–water partition coefficient (Wildman–Crippen LogP) is 2.91. The largest absolute Gasteiger partial charge is 0.319 e. The molecular formula is C12H25N. The molecule has 78 valence electrons. The Balaban J connectivity index is 2.55. The Labute approximate surface area is 83.3 Å². The molecule has 1 nitrogen and oxygen atoms in total. The van der Waals surface area contributed by atoms with E-state index in [1.165, 1.54) is 19.4 Å². The minimum absolute atomic E-state index is 0.502. The van der Waals surface area contributed by atoms with Crippen molar-refractivity contribution in [3.8, 4) is 0 Å². The maximum Gasteiger partial charge on any atom is -0.00209 e. The van der Waals surface area contributed by atoms with Crippen LogP contribution < -0.4 is 5.32 Å². The molecule has 0 saturated heterocycles. The van der Waals surface area contributed by atoms with Crippen LogP contribution in [0, 0.1) is 23.2 Å². The lowest BCUT2D eigenvalue weighted by atomic mass is 9.74. The van der Waals surface area contributed by atoms with E-state index in [0.717, 1.165) is 17.8 Å². The van der Waals surface area contributed by atoms with Crippen LogP contribution in [0.2, 0.25) is 0 Å². The van der Waals surface area contributed by atoms with Crippen molar-refractivity contribution in [2.24, 2.45) is 23.2 Å². The summed E-state index contributed by atoms with van der Waals surface area (Å²) in [6, 6.07) is 0. The van der Waals surface area contributed by atoms with Crippen molar-refractivity contribution in [2.75, 3.05) is 13.6 Å². The lowest BCUT2D eigenvalue weighted by molar-refractivity contribution is 0.176. The average molecular weight is 183 g/mol. The van der Waals surface area contributed by atoms with Gasteiger partial charge in [-0.05, 0) is 49.6 Å². The highest BCUT2D eigenvalue weighted by Gasteiger charge is 2.38. The topological polar surface area (TPSA) is 12.0 Å². The van der Waals surface area contributed by atoms with Crippen molar-refractivity contribution >= 4 is 0 Å². The molecule has 0 radical (unpaired) electrons. The van der Waals surface area contributed by atoms with Crippen LogP contribution in [-0.4, -0.2) is 13.6 Å². The van der Waals surface area contributed by atoms with Crippen molar-refractivity contribution < 1.29 is 0 Å². The lowest BCUT2D eigenvalue weighted by Gasteiger charge is -2.32. The molecule has 1 fully saturated rings. The zero-order valence-corrected chi connectivity index (χ0v) is 9.85. The number of rotatable bonds is 2. The molecule has 0 aromatic carbocycles. The molecule has 0 bridgehead atoms. The third kappa shape index (κ3) is 2.46. The summed E-state index contributed by atoms with van der Waals surface area (Å²) in [5, 5.41) is 3.31. The summed E-state index contributed by atoms with van der Waals surface area (Å²) in [4.78, 5) is 0. The van der Waals surface area contributed by atoms with E-state index in [1.807, 2.05) is 0 Å². The van der Waals surface area contributed by atoms with E-state index in [0.29, 0.717) is 5.41 Å². The molecule has 1 aliphatic carbocycles. The third-order valence-electron chi connectivity index (χ3n) is 3.81. The molecule has 0 spiro atoms. The van der Waals surface area contributed by atoms with Crippen molar-refractivity contribution in [1.82, 2.24) is 5.32 Å². The molecule has 1 rings (SSSR count). The summed E-state index contributed by atoms with van der Waals surface area (Å²) >= 11 is 0. The minimum Gasteiger partial charge on any atom is -0.319 e. The fraction of sp³-hybridized carbons (Fsp3) is 1.00. The zero-order valence-electron chi connectivity index (χ0n) is 9.85. The smallest absolute Gasteiger partial charge is 0.00209 e. The van der Waals surface area contributed by atoms with Crippen LogP contribution >= 0.6 is 0 Å². The van der Waals surface area contributed by atoms with Gasteiger partial charge >= 0.3 is 0 Å². The van der Waals surface area contributed by atoms with Crippen LogP contribution in [0.25, 0.3) is 0 Å². The SMILES string of the molecule is CNC[C@@H]1CC[C@H](C(C)(C)C)[C@H]1C. The van der Waals surface area contributed by atoms with Crippen LogP contribution in [0.15, 0.2) is 0 Å². The van der Waals surface area contributed by atoms with E-state index in [2.05, 4.69) is 40.1 Å². The van der Waals surface area contributed by atoms with Crippen molar-refractivity contribution in [3.05, 3.63) is 0 Å². The Morgan fingerprint density at radius 2 is 1.85 bits per heavy atom. The standard InChI is InChI=1S/C12H25N/c1-9-10(8-13-5)6-7-11(9)12(2,3)4/h9-11,13H,6-8H2,1-5H3/t9-,10-,11-/m0/s1. The van der Waals surface area contributed by atoms with Crippen molar-refractivity contribution in [2.45, 2.75) is 40.5 Å². The fourth-order valence-corrected chi connectivity index (χ4v) is 3.02. The molecule has 0 amide bonds. The van der Waals surface area contributed by atoms with Gasteiger partial charge in [0.15, 0.2) is 0 Å². The maximum atomic E-state index is 3.31. The first-order chi connectivity index (χ1) is 5.96. The molecule has 1 saturated carbocycles. The summed E-state index contributed by atoms with van der Waals surface area (Å²) in [7, 11) is 2.07. The number of hydrogen-bond acceptors (Lipinski definition) is 1. The van der Waals surface area contributed by atoms with Gasteiger partial charge in [0.1, 0.15) is 0 Å². The number of hydrogen-bond donors (Lipinski definition) is 1. The third-order valence-corrected chi connectivity index (χ3v) is 3.81. The molecule has 0 aromatic rings. The summed E-state index contributed by atoms with van der Waals surface area (Å²) in [5.41, 5.74) is 0.502. The van der Waals surface area contributed by atoms with Crippen molar-refractivity contribution in [1.29, 1.82) is 0 Å². The van der Waals surface area contributed by atoms with E-state index >= 15 is 0 Å². The van der Waals surface area contributed by atoms with E-state index in [-0.39, 0.29) is 0 Å². The fourth-order valence-electron chi connectivity index (χ4n) is 3.02.